The largest absolute Gasteiger partial charge is 0.459 e. The first-order valence-corrected chi connectivity index (χ1v) is 19.2. The summed E-state index contributed by atoms with van der Waals surface area (Å²) in [5.74, 6) is 4.21. The van der Waals surface area contributed by atoms with Gasteiger partial charge in [0.1, 0.15) is 6.10 Å². The van der Waals surface area contributed by atoms with Gasteiger partial charge < -0.3 is 4.74 Å². The maximum absolute atomic E-state index is 13.4. The fourth-order valence-electron chi connectivity index (χ4n) is 10.9. The molecule has 0 bridgehead atoms. The van der Waals surface area contributed by atoms with Crippen molar-refractivity contribution in [3.8, 4) is 11.1 Å². The molecule has 1 unspecified atom stereocenters. The average Bonchev–Trinajstić information content (AvgIpc) is 3.29. The van der Waals surface area contributed by atoms with Crippen LogP contribution in [0.15, 0.2) is 48.5 Å². The number of carbonyl (C=O) groups is 1. The number of hydrogen-bond donors (Lipinski definition) is 0. The number of hydrogen-bond acceptors (Lipinski definition) is 2. The standard InChI is InChI=1S/C40H54ClIO2/c1-26(2)8-6-9-27(3)40(41)23-20-36-34-17-14-31-25-33(18-21-38(31,4)35(34)19-22-39(36,40)5)44-37(43)30-11-7-10-29(24-30)28-12-15-32(42)16-13-28/h7,10-13,15-16,24,26-27,31,33-36H,6,8-9,14,17-23,25H2,1-5H3/t27-,31?,33-,34-,35+,36+,38+,39+,40+/m1/s1. The van der Waals surface area contributed by atoms with Crippen molar-refractivity contribution in [1.82, 2.24) is 0 Å². The van der Waals surface area contributed by atoms with E-state index in [2.05, 4.69) is 87.5 Å². The van der Waals surface area contributed by atoms with E-state index in [1.54, 1.807) is 0 Å². The van der Waals surface area contributed by atoms with E-state index in [0.717, 1.165) is 47.6 Å². The van der Waals surface area contributed by atoms with Crippen molar-refractivity contribution in [3.63, 3.8) is 0 Å². The molecule has 0 heterocycles. The number of ether oxygens (including phenoxy) is 1. The van der Waals surface area contributed by atoms with Crippen LogP contribution in [-0.2, 0) is 4.74 Å². The molecule has 2 nitrogen and oxygen atoms in total. The molecule has 0 aromatic heterocycles. The van der Waals surface area contributed by atoms with Crippen molar-refractivity contribution in [2.24, 2.45) is 46.3 Å². The zero-order chi connectivity index (χ0) is 31.3. The van der Waals surface area contributed by atoms with Crippen LogP contribution >= 0.6 is 34.2 Å². The van der Waals surface area contributed by atoms with Gasteiger partial charge in [-0.1, -0.05) is 71.7 Å². The summed E-state index contributed by atoms with van der Waals surface area (Å²) < 4.78 is 7.45. The van der Waals surface area contributed by atoms with Crippen LogP contribution in [0.5, 0.6) is 0 Å². The lowest BCUT2D eigenvalue weighted by molar-refractivity contribution is -0.128. The quantitative estimate of drug-likeness (QED) is 0.154. The first-order chi connectivity index (χ1) is 20.9. The van der Waals surface area contributed by atoms with Crippen molar-refractivity contribution in [2.75, 3.05) is 0 Å². The molecule has 0 radical (unpaired) electrons. The lowest BCUT2D eigenvalue weighted by Gasteiger charge is -2.62. The van der Waals surface area contributed by atoms with Crippen molar-refractivity contribution >= 4 is 40.2 Å². The molecule has 6 rings (SSSR count). The minimum absolute atomic E-state index is 0.0293. The molecule has 0 N–H and O–H groups in total. The highest BCUT2D eigenvalue weighted by Gasteiger charge is 2.65. The Morgan fingerprint density at radius 2 is 1.66 bits per heavy atom. The van der Waals surface area contributed by atoms with Crippen molar-refractivity contribution in [1.29, 1.82) is 0 Å². The summed E-state index contributed by atoms with van der Waals surface area (Å²) in [6.45, 7) is 12.3. The van der Waals surface area contributed by atoms with Gasteiger partial charge in [-0.05, 0) is 169 Å². The van der Waals surface area contributed by atoms with Crippen LogP contribution in [0.25, 0.3) is 11.1 Å². The van der Waals surface area contributed by atoms with Gasteiger partial charge in [0.25, 0.3) is 0 Å². The van der Waals surface area contributed by atoms with Crippen molar-refractivity contribution in [3.05, 3.63) is 57.7 Å². The van der Waals surface area contributed by atoms with E-state index in [1.807, 2.05) is 18.2 Å². The Balaban J connectivity index is 1.10. The first kappa shape index (κ1) is 32.9. The number of esters is 1. The monoisotopic (exact) mass is 728 g/mol. The van der Waals surface area contributed by atoms with Crippen LogP contribution in [-0.4, -0.2) is 16.9 Å². The molecule has 4 fully saturated rings. The number of carbonyl (C=O) groups excluding carboxylic acids is 1. The van der Waals surface area contributed by atoms with Gasteiger partial charge in [-0.25, -0.2) is 4.79 Å². The summed E-state index contributed by atoms with van der Waals surface area (Å²) in [5, 5.41) is 0. The van der Waals surface area contributed by atoms with E-state index in [9.17, 15) is 4.79 Å². The molecule has 0 aliphatic heterocycles. The number of fused-ring (bicyclic) bond motifs is 5. The van der Waals surface area contributed by atoms with Gasteiger partial charge in [-0.2, -0.15) is 0 Å². The van der Waals surface area contributed by atoms with Crippen LogP contribution in [0.1, 0.15) is 122 Å². The predicted octanol–water partition coefficient (Wildman–Crippen LogP) is 12.0. The summed E-state index contributed by atoms with van der Waals surface area (Å²) >= 11 is 10.1. The first-order valence-electron chi connectivity index (χ1n) is 17.7. The lowest BCUT2D eigenvalue weighted by Crippen LogP contribution is -2.56. The van der Waals surface area contributed by atoms with E-state index in [4.69, 9.17) is 16.3 Å². The van der Waals surface area contributed by atoms with Crippen LogP contribution in [0, 0.1) is 49.9 Å². The van der Waals surface area contributed by atoms with Gasteiger partial charge in [-0.15, -0.1) is 11.6 Å². The Morgan fingerprint density at radius 3 is 2.41 bits per heavy atom. The summed E-state index contributed by atoms with van der Waals surface area (Å²) in [6, 6.07) is 16.4. The van der Waals surface area contributed by atoms with Crippen LogP contribution in [0.2, 0.25) is 0 Å². The molecule has 2 aromatic rings. The lowest BCUT2D eigenvalue weighted by atomic mass is 9.44. The SMILES string of the molecule is CC(C)CCC[C@@H](C)[C@@]1(Cl)CC[C@H]2[C@@H]3CCC4C[C@H](OC(=O)c5cccc(-c6ccc(I)cc6)c5)CC[C@]4(C)[C@H]3CC[C@@]21C. The fraction of sp³-hybridized carbons (Fsp3) is 0.675. The maximum atomic E-state index is 13.4. The smallest absolute Gasteiger partial charge is 0.338 e. The van der Waals surface area contributed by atoms with Gasteiger partial charge in [-0.3, -0.25) is 0 Å². The number of alkyl halides is 1. The topological polar surface area (TPSA) is 26.3 Å². The fourth-order valence-corrected chi connectivity index (χ4v) is 11.7. The highest BCUT2D eigenvalue weighted by molar-refractivity contribution is 14.1. The second kappa shape index (κ2) is 12.9. The zero-order valence-electron chi connectivity index (χ0n) is 27.7. The molecular formula is C40H54ClIO2. The Bertz CT molecular complexity index is 1320. The van der Waals surface area contributed by atoms with Crippen LogP contribution in [0.4, 0.5) is 0 Å². The third-order valence-corrected chi connectivity index (χ3v) is 15.2. The number of benzene rings is 2. The van der Waals surface area contributed by atoms with E-state index in [0.29, 0.717) is 22.8 Å². The van der Waals surface area contributed by atoms with Crippen LogP contribution < -0.4 is 0 Å². The molecule has 4 aliphatic rings. The highest BCUT2D eigenvalue weighted by atomic mass is 127. The van der Waals surface area contributed by atoms with E-state index in [-0.39, 0.29) is 22.4 Å². The Labute approximate surface area is 286 Å². The molecule has 4 aliphatic carbocycles. The molecule has 240 valence electrons. The van der Waals surface area contributed by atoms with Crippen molar-refractivity contribution < 1.29 is 9.53 Å². The van der Waals surface area contributed by atoms with Crippen LogP contribution in [0.3, 0.4) is 0 Å². The number of halogens is 2. The molecule has 0 spiro atoms. The summed E-state index contributed by atoms with van der Waals surface area (Å²) in [5.41, 5.74) is 3.47. The predicted molar refractivity (Wildman–Crippen MR) is 192 cm³/mol. The molecule has 4 heteroatoms. The van der Waals surface area contributed by atoms with Gasteiger partial charge in [0.05, 0.1) is 10.4 Å². The zero-order valence-corrected chi connectivity index (χ0v) is 30.6. The molecule has 2 aromatic carbocycles. The molecular weight excluding hydrogens is 675 g/mol. The summed E-state index contributed by atoms with van der Waals surface area (Å²) in [7, 11) is 0. The molecule has 4 saturated carbocycles. The average molecular weight is 729 g/mol. The maximum Gasteiger partial charge on any atom is 0.338 e. The highest BCUT2D eigenvalue weighted by Crippen LogP contribution is 2.71. The minimum atomic E-state index is -0.167. The third kappa shape index (κ3) is 5.93. The van der Waals surface area contributed by atoms with E-state index in [1.165, 1.54) is 67.8 Å². The Morgan fingerprint density at radius 1 is 0.909 bits per heavy atom. The third-order valence-electron chi connectivity index (χ3n) is 13.5. The van der Waals surface area contributed by atoms with E-state index >= 15 is 0 Å². The Kier molecular flexibility index (Phi) is 9.60. The second-order valence-corrected chi connectivity index (χ2v) is 18.0. The van der Waals surface area contributed by atoms with Crippen molar-refractivity contribution in [2.45, 2.75) is 123 Å². The summed E-state index contributed by atoms with van der Waals surface area (Å²) in [4.78, 5) is 13.3. The van der Waals surface area contributed by atoms with Gasteiger partial charge in [0.15, 0.2) is 0 Å². The van der Waals surface area contributed by atoms with E-state index < -0.39 is 0 Å². The van der Waals surface area contributed by atoms with Gasteiger partial charge >= 0.3 is 5.97 Å². The Hall–Kier alpha value is -1.07. The number of rotatable bonds is 8. The molecule has 0 saturated heterocycles. The second-order valence-electron chi connectivity index (χ2n) is 16.1. The van der Waals surface area contributed by atoms with Gasteiger partial charge in [0, 0.05) is 3.57 Å². The van der Waals surface area contributed by atoms with Gasteiger partial charge in [0.2, 0.25) is 0 Å². The summed E-state index contributed by atoms with van der Waals surface area (Å²) in [6.07, 6.45) is 14.9. The molecule has 44 heavy (non-hydrogen) atoms. The molecule has 9 atom stereocenters. The normalized spacial score (nSPS) is 37.1. The minimum Gasteiger partial charge on any atom is -0.459 e. The molecule has 0 amide bonds.